The quantitative estimate of drug-likeness (QED) is 0.246. The summed E-state index contributed by atoms with van der Waals surface area (Å²) in [7, 11) is -4.12. The molecule has 0 radical (unpaired) electrons. The zero-order chi connectivity index (χ0) is 24.9. The van der Waals surface area contributed by atoms with Crippen molar-refractivity contribution in [2.24, 2.45) is 5.10 Å². The highest BCUT2D eigenvalue weighted by Gasteiger charge is 2.30. The number of benzene rings is 3. The van der Waals surface area contributed by atoms with Crippen LogP contribution in [0.2, 0.25) is 0 Å². The molecule has 6 nitrogen and oxygen atoms in total. The van der Waals surface area contributed by atoms with Crippen LogP contribution in [0.5, 0.6) is 5.75 Å². The number of carbonyl (C=O) groups excluding carboxylic acids is 1. The molecule has 178 valence electrons. The third-order valence-corrected chi connectivity index (χ3v) is 6.23. The molecule has 11 heteroatoms. The lowest BCUT2D eigenvalue weighted by Gasteiger charge is -2.10. The Morgan fingerprint density at radius 2 is 1.79 bits per heavy atom. The Kier molecular flexibility index (Phi) is 7.78. The highest BCUT2D eigenvalue weighted by molar-refractivity contribution is 9.10. The zero-order valence-corrected chi connectivity index (χ0v) is 20.0. The summed E-state index contributed by atoms with van der Waals surface area (Å²) in [5, 5.41) is 3.78. The molecule has 0 aliphatic rings. The van der Waals surface area contributed by atoms with Gasteiger partial charge in [0.15, 0.2) is 5.75 Å². The predicted octanol–water partition coefficient (Wildman–Crippen LogP) is 5.24. The van der Waals surface area contributed by atoms with Gasteiger partial charge in [0.25, 0.3) is 0 Å². The molecule has 3 aromatic carbocycles. The van der Waals surface area contributed by atoms with Gasteiger partial charge in [-0.1, -0.05) is 51.8 Å². The molecular formula is C23H18BrF3N2O4S. The fourth-order valence-corrected chi connectivity index (χ4v) is 4.16. The predicted molar refractivity (Wildman–Crippen MR) is 124 cm³/mol. The van der Waals surface area contributed by atoms with E-state index in [9.17, 15) is 26.4 Å². The van der Waals surface area contributed by atoms with Crippen molar-refractivity contribution in [3.05, 3.63) is 93.5 Å². The van der Waals surface area contributed by atoms with E-state index in [4.69, 9.17) is 4.18 Å². The number of aryl methyl sites for hydroxylation is 1. The molecule has 1 N–H and O–H groups in total. The van der Waals surface area contributed by atoms with E-state index >= 15 is 0 Å². The maximum atomic E-state index is 12.8. The minimum Gasteiger partial charge on any atom is -0.378 e. The average molecular weight is 555 g/mol. The largest absolute Gasteiger partial charge is 0.416 e. The van der Waals surface area contributed by atoms with E-state index in [0.29, 0.717) is 4.47 Å². The first-order chi connectivity index (χ1) is 15.9. The monoisotopic (exact) mass is 554 g/mol. The van der Waals surface area contributed by atoms with Crippen molar-refractivity contribution in [2.45, 2.75) is 24.4 Å². The van der Waals surface area contributed by atoms with Gasteiger partial charge in [0, 0.05) is 10.0 Å². The third-order valence-electron chi connectivity index (χ3n) is 4.49. The summed E-state index contributed by atoms with van der Waals surface area (Å²) in [5.41, 5.74) is 2.65. The number of nitrogens with zero attached hydrogens (tertiary/aromatic N) is 1. The topological polar surface area (TPSA) is 84.8 Å². The van der Waals surface area contributed by atoms with Crippen molar-refractivity contribution in [1.29, 1.82) is 0 Å². The number of hydrogen-bond acceptors (Lipinski definition) is 5. The molecule has 0 saturated heterocycles. The number of hydrazone groups is 1. The molecule has 0 aromatic heterocycles. The molecule has 0 heterocycles. The van der Waals surface area contributed by atoms with Crippen LogP contribution in [-0.4, -0.2) is 20.5 Å². The Labute approximate surface area is 202 Å². The van der Waals surface area contributed by atoms with E-state index in [-0.39, 0.29) is 28.2 Å². The SMILES string of the molecule is Cc1ccc(S(=O)(=O)Oc2ccc(Br)cc2/C=N\NC(=O)Cc2cccc(C(F)(F)F)c2)cc1. The number of nitrogens with one attached hydrogen (secondary N) is 1. The minimum atomic E-state index is -4.51. The van der Waals surface area contributed by atoms with Gasteiger partial charge in [0.2, 0.25) is 5.91 Å². The van der Waals surface area contributed by atoms with Crippen LogP contribution in [0.25, 0.3) is 0 Å². The number of carbonyl (C=O) groups is 1. The smallest absolute Gasteiger partial charge is 0.378 e. The van der Waals surface area contributed by atoms with Crippen LogP contribution in [0.15, 0.2) is 81.2 Å². The van der Waals surface area contributed by atoms with E-state index in [1.807, 2.05) is 6.92 Å². The number of halogens is 4. The highest BCUT2D eigenvalue weighted by Crippen LogP contribution is 2.29. The second-order valence-corrected chi connectivity index (χ2v) is 9.66. The summed E-state index contributed by atoms with van der Waals surface area (Å²) in [6, 6.07) is 15.1. The Hall–Kier alpha value is -3.18. The molecule has 0 bridgehead atoms. The van der Waals surface area contributed by atoms with Crippen molar-refractivity contribution in [2.75, 3.05) is 0 Å². The van der Waals surface area contributed by atoms with Gasteiger partial charge in [0.1, 0.15) is 4.90 Å². The van der Waals surface area contributed by atoms with Gasteiger partial charge in [-0.15, -0.1) is 0 Å². The molecule has 0 atom stereocenters. The molecule has 0 fully saturated rings. The van der Waals surface area contributed by atoms with Crippen LogP contribution in [-0.2, 0) is 27.5 Å². The van der Waals surface area contributed by atoms with Crippen LogP contribution >= 0.6 is 15.9 Å². The van der Waals surface area contributed by atoms with E-state index < -0.39 is 27.8 Å². The van der Waals surface area contributed by atoms with Gasteiger partial charge in [-0.25, -0.2) is 5.43 Å². The second kappa shape index (κ2) is 10.4. The van der Waals surface area contributed by atoms with Crippen molar-refractivity contribution in [3.63, 3.8) is 0 Å². The first-order valence-electron chi connectivity index (χ1n) is 9.73. The van der Waals surface area contributed by atoms with Crippen LogP contribution in [0.1, 0.15) is 22.3 Å². The van der Waals surface area contributed by atoms with Crippen molar-refractivity contribution in [3.8, 4) is 5.75 Å². The molecule has 0 saturated carbocycles. The first kappa shape index (κ1) is 25.4. The summed E-state index contributed by atoms with van der Waals surface area (Å²) in [5.74, 6) is -0.681. The number of rotatable bonds is 7. The lowest BCUT2D eigenvalue weighted by Crippen LogP contribution is -2.20. The van der Waals surface area contributed by atoms with E-state index in [1.54, 1.807) is 18.2 Å². The third kappa shape index (κ3) is 6.91. The van der Waals surface area contributed by atoms with Gasteiger partial charge in [-0.2, -0.15) is 26.7 Å². The summed E-state index contributed by atoms with van der Waals surface area (Å²) >= 11 is 3.27. The first-order valence-corrected chi connectivity index (χ1v) is 11.9. The summed E-state index contributed by atoms with van der Waals surface area (Å²) in [6.45, 7) is 1.82. The average Bonchev–Trinajstić information content (AvgIpc) is 2.75. The molecule has 0 spiro atoms. The molecule has 3 aromatic rings. The van der Waals surface area contributed by atoms with Crippen molar-refractivity contribution >= 4 is 38.2 Å². The molecule has 34 heavy (non-hydrogen) atoms. The fraction of sp³-hybridized carbons (Fsp3) is 0.130. The minimum absolute atomic E-state index is 0.0281. The van der Waals surface area contributed by atoms with Gasteiger partial charge < -0.3 is 4.18 Å². The van der Waals surface area contributed by atoms with E-state index in [1.165, 1.54) is 42.6 Å². The number of amides is 1. The standard InChI is InChI=1S/C23H18BrF3N2O4S/c1-15-5-8-20(9-6-15)34(31,32)33-21-10-7-19(24)13-17(21)14-28-29-22(30)12-16-3-2-4-18(11-16)23(25,26)27/h2-11,13-14H,12H2,1H3,(H,29,30)/b28-14-. The van der Waals surface area contributed by atoms with Crippen LogP contribution in [0.4, 0.5) is 13.2 Å². The van der Waals surface area contributed by atoms with Gasteiger partial charge >= 0.3 is 16.3 Å². The molecular weight excluding hydrogens is 537 g/mol. The highest BCUT2D eigenvalue weighted by atomic mass is 79.9. The Bertz CT molecular complexity index is 1320. The summed E-state index contributed by atoms with van der Waals surface area (Å²) < 4.78 is 69.5. The van der Waals surface area contributed by atoms with Crippen LogP contribution < -0.4 is 9.61 Å². The van der Waals surface area contributed by atoms with Gasteiger partial charge in [0.05, 0.1) is 18.2 Å². The fourth-order valence-electron chi connectivity index (χ4n) is 2.82. The maximum absolute atomic E-state index is 12.8. The normalized spacial score (nSPS) is 12.0. The summed E-state index contributed by atoms with van der Waals surface area (Å²) in [4.78, 5) is 12.1. The Morgan fingerprint density at radius 3 is 2.47 bits per heavy atom. The number of alkyl halides is 3. The molecule has 0 aliphatic carbocycles. The van der Waals surface area contributed by atoms with E-state index in [0.717, 1.165) is 17.7 Å². The van der Waals surface area contributed by atoms with Gasteiger partial charge in [-0.3, -0.25) is 4.79 Å². The molecule has 0 aliphatic heterocycles. The van der Waals surface area contributed by atoms with Gasteiger partial charge in [-0.05, 0) is 48.9 Å². The second-order valence-electron chi connectivity index (χ2n) is 7.20. The maximum Gasteiger partial charge on any atom is 0.416 e. The van der Waals surface area contributed by atoms with Crippen molar-refractivity contribution in [1.82, 2.24) is 5.43 Å². The molecule has 0 unspecified atom stereocenters. The summed E-state index contributed by atoms with van der Waals surface area (Å²) in [6.07, 6.45) is -3.67. The molecule has 3 rings (SSSR count). The molecule has 1 amide bonds. The lowest BCUT2D eigenvalue weighted by molar-refractivity contribution is -0.137. The number of hydrogen-bond donors (Lipinski definition) is 1. The Balaban J connectivity index is 1.72. The lowest BCUT2D eigenvalue weighted by atomic mass is 10.1. The van der Waals surface area contributed by atoms with E-state index in [2.05, 4.69) is 26.5 Å². The van der Waals surface area contributed by atoms with Crippen LogP contribution in [0, 0.1) is 6.92 Å². The zero-order valence-electron chi connectivity index (χ0n) is 17.6. The van der Waals surface area contributed by atoms with Crippen molar-refractivity contribution < 1.29 is 30.6 Å². The van der Waals surface area contributed by atoms with Crippen LogP contribution in [0.3, 0.4) is 0 Å². The Morgan fingerprint density at radius 1 is 1.09 bits per heavy atom.